The van der Waals surface area contributed by atoms with E-state index in [0.717, 1.165) is 4.47 Å². The number of ketones is 1. The van der Waals surface area contributed by atoms with Crippen molar-refractivity contribution < 1.29 is 9.21 Å². The third kappa shape index (κ3) is 4.56. The molecular weight excluding hydrogens is 394 g/mol. The molecule has 0 aliphatic rings. The molecule has 0 saturated carbocycles. The van der Waals surface area contributed by atoms with Crippen molar-refractivity contribution in [3.05, 3.63) is 58.5 Å². The lowest BCUT2D eigenvalue weighted by Gasteiger charge is -1.99. The highest BCUT2D eigenvalue weighted by Crippen LogP contribution is 2.17. The number of anilines is 1. The van der Waals surface area contributed by atoms with Crippen LogP contribution in [0.15, 0.2) is 61.8 Å². The first-order valence-corrected chi connectivity index (χ1v) is 8.65. The minimum atomic E-state index is 0.0163. The zero-order valence-electron chi connectivity index (χ0n) is 12.3. The average molecular weight is 406 g/mol. The van der Waals surface area contributed by atoms with E-state index in [2.05, 4.69) is 41.6 Å². The summed E-state index contributed by atoms with van der Waals surface area (Å²) in [5.41, 5.74) is 3.36. The number of benzene rings is 1. The Balaban J connectivity index is 1.50. The summed E-state index contributed by atoms with van der Waals surface area (Å²) in [6.45, 7) is 0. The molecule has 0 aliphatic heterocycles. The van der Waals surface area contributed by atoms with Crippen molar-refractivity contribution in [2.45, 2.75) is 5.16 Å². The van der Waals surface area contributed by atoms with Gasteiger partial charge in [0.25, 0.3) is 0 Å². The van der Waals surface area contributed by atoms with Crippen LogP contribution in [0.3, 0.4) is 0 Å². The lowest BCUT2D eigenvalue weighted by molar-refractivity contribution is 0.102. The van der Waals surface area contributed by atoms with Crippen LogP contribution in [0.2, 0.25) is 0 Å². The Bertz CT molecular complexity index is 830. The summed E-state index contributed by atoms with van der Waals surface area (Å²) in [7, 11) is 0. The molecule has 0 aliphatic carbocycles. The summed E-state index contributed by atoms with van der Waals surface area (Å²) in [6.07, 6.45) is 3.08. The number of H-pyrrole nitrogens is 1. The number of carbonyl (C=O) groups excluding carboxylic acids is 1. The fourth-order valence-electron chi connectivity index (χ4n) is 1.73. The van der Waals surface area contributed by atoms with Crippen molar-refractivity contribution >= 4 is 45.6 Å². The lowest BCUT2D eigenvalue weighted by Crippen LogP contribution is -2.02. The number of rotatable bonds is 7. The molecule has 0 spiro atoms. The summed E-state index contributed by atoms with van der Waals surface area (Å²) in [6, 6.07) is 10.8. The standard InChI is InChI=1S/C15H12BrN5O2S/c16-11-5-3-10(4-6-11)13(22)9-24-15-18-14(20-21-15)19-17-8-12-2-1-7-23-12/h1-8H,9H2,(H2,18,19,20,21)/b17-8+. The highest BCUT2D eigenvalue weighted by Gasteiger charge is 2.09. The lowest BCUT2D eigenvalue weighted by atomic mass is 10.2. The van der Waals surface area contributed by atoms with E-state index in [1.807, 2.05) is 12.1 Å². The maximum atomic E-state index is 12.1. The van der Waals surface area contributed by atoms with Crippen molar-refractivity contribution in [1.29, 1.82) is 0 Å². The monoisotopic (exact) mass is 405 g/mol. The zero-order chi connectivity index (χ0) is 16.8. The van der Waals surface area contributed by atoms with Gasteiger partial charge in [0.1, 0.15) is 5.76 Å². The number of furan rings is 1. The molecule has 2 heterocycles. The highest BCUT2D eigenvalue weighted by molar-refractivity contribution is 9.10. The van der Waals surface area contributed by atoms with Crippen molar-refractivity contribution in [3.63, 3.8) is 0 Å². The van der Waals surface area contributed by atoms with Gasteiger partial charge in [-0.25, -0.2) is 10.5 Å². The van der Waals surface area contributed by atoms with Crippen LogP contribution in [0.4, 0.5) is 5.95 Å². The minimum Gasteiger partial charge on any atom is -0.463 e. The topological polar surface area (TPSA) is 96.2 Å². The Morgan fingerprint density at radius 2 is 2.21 bits per heavy atom. The van der Waals surface area contributed by atoms with E-state index < -0.39 is 0 Å². The van der Waals surface area contributed by atoms with Gasteiger partial charge in [-0.05, 0) is 24.3 Å². The number of thioether (sulfide) groups is 1. The molecule has 9 heteroatoms. The van der Waals surface area contributed by atoms with E-state index in [1.54, 1.807) is 30.5 Å². The molecule has 1 aromatic carbocycles. The number of nitrogens with one attached hydrogen (secondary N) is 2. The molecular formula is C15H12BrN5O2S. The largest absolute Gasteiger partial charge is 0.463 e. The molecule has 3 aromatic rings. The summed E-state index contributed by atoms with van der Waals surface area (Å²) in [4.78, 5) is 16.3. The number of halogens is 1. The molecule has 2 N–H and O–H groups in total. The predicted octanol–water partition coefficient (Wildman–Crippen LogP) is 3.58. The van der Waals surface area contributed by atoms with Gasteiger partial charge in [0, 0.05) is 10.0 Å². The third-order valence-electron chi connectivity index (χ3n) is 2.87. The van der Waals surface area contributed by atoms with E-state index in [0.29, 0.717) is 22.4 Å². The second-order valence-electron chi connectivity index (χ2n) is 4.57. The Kier molecular flexibility index (Phi) is 5.44. The highest BCUT2D eigenvalue weighted by atomic mass is 79.9. The van der Waals surface area contributed by atoms with Crippen LogP contribution < -0.4 is 5.43 Å². The first-order chi connectivity index (χ1) is 11.7. The average Bonchev–Trinajstić information content (AvgIpc) is 3.25. The van der Waals surface area contributed by atoms with Crippen LogP contribution in [0, 0.1) is 0 Å². The Labute approximate surface area is 150 Å². The Morgan fingerprint density at radius 3 is 2.96 bits per heavy atom. The van der Waals surface area contributed by atoms with Gasteiger partial charge < -0.3 is 4.42 Å². The van der Waals surface area contributed by atoms with Crippen molar-refractivity contribution in [3.8, 4) is 0 Å². The molecule has 0 amide bonds. The number of hydrogen-bond donors (Lipinski definition) is 2. The fraction of sp³-hybridized carbons (Fsp3) is 0.0667. The van der Waals surface area contributed by atoms with Gasteiger partial charge in [-0.3, -0.25) is 4.79 Å². The third-order valence-corrected chi connectivity index (χ3v) is 4.24. The van der Waals surface area contributed by atoms with Crippen LogP contribution >= 0.6 is 27.7 Å². The zero-order valence-corrected chi connectivity index (χ0v) is 14.7. The van der Waals surface area contributed by atoms with E-state index in [9.17, 15) is 4.79 Å². The minimum absolute atomic E-state index is 0.0163. The fourth-order valence-corrected chi connectivity index (χ4v) is 2.69. The van der Waals surface area contributed by atoms with E-state index in [-0.39, 0.29) is 11.5 Å². The van der Waals surface area contributed by atoms with Crippen LogP contribution in [0.1, 0.15) is 16.1 Å². The molecule has 7 nitrogen and oxygen atoms in total. The van der Waals surface area contributed by atoms with E-state index in [4.69, 9.17) is 4.42 Å². The van der Waals surface area contributed by atoms with Crippen LogP contribution in [-0.4, -0.2) is 32.9 Å². The summed E-state index contributed by atoms with van der Waals surface area (Å²) < 4.78 is 6.05. The molecule has 122 valence electrons. The van der Waals surface area contributed by atoms with Crippen LogP contribution in [0.25, 0.3) is 0 Å². The number of aromatic amines is 1. The maximum Gasteiger partial charge on any atom is 0.240 e. The molecule has 0 bridgehead atoms. The number of nitrogens with zero attached hydrogens (tertiary/aromatic N) is 3. The molecule has 0 fully saturated rings. The molecule has 3 rings (SSSR count). The van der Waals surface area contributed by atoms with Crippen molar-refractivity contribution in [2.24, 2.45) is 5.10 Å². The van der Waals surface area contributed by atoms with Crippen LogP contribution in [-0.2, 0) is 0 Å². The molecule has 24 heavy (non-hydrogen) atoms. The van der Waals surface area contributed by atoms with E-state index >= 15 is 0 Å². The first kappa shape index (κ1) is 16.5. The number of aromatic nitrogens is 3. The van der Waals surface area contributed by atoms with Gasteiger partial charge in [-0.2, -0.15) is 10.1 Å². The van der Waals surface area contributed by atoms with Gasteiger partial charge in [0.15, 0.2) is 5.78 Å². The number of hydrogen-bond acceptors (Lipinski definition) is 7. The number of hydrazone groups is 1. The van der Waals surface area contributed by atoms with Gasteiger partial charge in [-0.1, -0.05) is 39.8 Å². The van der Waals surface area contributed by atoms with Crippen molar-refractivity contribution in [2.75, 3.05) is 11.2 Å². The Morgan fingerprint density at radius 1 is 1.38 bits per heavy atom. The molecule has 0 radical (unpaired) electrons. The SMILES string of the molecule is O=C(CSc1n[nH]c(N/N=C/c2ccco2)n1)c1ccc(Br)cc1. The second-order valence-corrected chi connectivity index (χ2v) is 6.43. The smallest absolute Gasteiger partial charge is 0.240 e. The molecule has 0 unspecified atom stereocenters. The normalized spacial score (nSPS) is 11.0. The first-order valence-electron chi connectivity index (χ1n) is 6.87. The Hall–Kier alpha value is -2.39. The second kappa shape index (κ2) is 7.93. The van der Waals surface area contributed by atoms with Gasteiger partial charge in [-0.15, -0.1) is 5.10 Å². The predicted molar refractivity (Wildman–Crippen MR) is 95.5 cm³/mol. The quantitative estimate of drug-likeness (QED) is 0.270. The van der Waals surface area contributed by atoms with E-state index in [1.165, 1.54) is 18.0 Å². The van der Waals surface area contributed by atoms with Gasteiger partial charge in [0.05, 0.1) is 18.2 Å². The number of Topliss-reactive ketones (excluding diaryl/α,β-unsaturated/α-hetero) is 1. The maximum absolute atomic E-state index is 12.1. The summed E-state index contributed by atoms with van der Waals surface area (Å²) in [5, 5.41) is 11.2. The van der Waals surface area contributed by atoms with Gasteiger partial charge in [0.2, 0.25) is 11.1 Å². The van der Waals surface area contributed by atoms with Crippen LogP contribution in [0.5, 0.6) is 0 Å². The summed E-state index contributed by atoms with van der Waals surface area (Å²) in [5.74, 6) is 1.28. The van der Waals surface area contributed by atoms with Gasteiger partial charge >= 0.3 is 0 Å². The van der Waals surface area contributed by atoms with Crippen molar-refractivity contribution in [1.82, 2.24) is 15.2 Å². The summed E-state index contributed by atoms with van der Waals surface area (Å²) >= 11 is 4.60. The number of carbonyl (C=O) groups is 1. The molecule has 0 atom stereocenters. The molecule has 0 saturated heterocycles. The molecule has 2 aromatic heterocycles.